The highest BCUT2D eigenvalue weighted by molar-refractivity contribution is 7.92. The largest absolute Gasteiger partial charge is 0.496 e. The number of rotatable bonds is 18. The zero-order valence-electron chi connectivity index (χ0n) is 39.8. The molecule has 8 rings (SSSR count). The number of unbranched alkanes of at least 4 members (excludes halogenated alkanes) is 4. The molecule has 0 radical (unpaired) electrons. The van der Waals surface area contributed by atoms with Gasteiger partial charge in [-0.3, -0.25) is 39.1 Å². The summed E-state index contributed by atoms with van der Waals surface area (Å²) in [6, 6.07) is 18.0. The quantitative estimate of drug-likeness (QED) is 0.0836. The molecule has 366 valence electrons. The molecular formula is C52H62ClN7O8S. The molecule has 0 spiro atoms. The summed E-state index contributed by atoms with van der Waals surface area (Å²) in [4.78, 5) is 81.4. The van der Waals surface area contributed by atoms with Crippen molar-refractivity contribution >= 4 is 56.7 Å². The number of nitrogens with zero attached hydrogens (tertiary/aromatic N) is 6. The van der Waals surface area contributed by atoms with Gasteiger partial charge in [0.1, 0.15) is 17.6 Å². The Morgan fingerprint density at radius 3 is 2.29 bits per heavy atom. The number of nitrogens with one attached hydrogen (secondary N) is 1. The second kappa shape index (κ2) is 21.9. The number of carbonyl (C=O) groups excluding carboxylic acids is 5. The van der Waals surface area contributed by atoms with Gasteiger partial charge in [0.05, 0.1) is 39.1 Å². The normalized spacial score (nSPS) is 18.3. The van der Waals surface area contributed by atoms with Crippen molar-refractivity contribution in [3.05, 3.63) is 111 Å². The van der Waals surface area contributed by atoms with E-state index in [4.69, 9.17) is 21.3 Å². The molecule has 3 saturated heterocycles. The summed E-state index contributed by atoms with van der Waals surface area (Å²) in [5.41, 5.74) is 4.72. The fourth-order valence-electron chi connectivity index (χ4n) is 10.2. The van der Waals surface area contributed by atoms with Crippen LogP contribution in [-0.4, -0.2) is 126 Å². The highest BCUT2D eigenvalue weighted by Gasteiger charge is 2.45. The Hall–Kier alpha value is -5.71. The molecule has 15 nitrogen and oxygen atoms in total. The Balaban J connectivity index is 0.741. The summed E-state index contributed by atoms with van der Waals surface area (Å²) in [5.74, 6) is -0.435. The van der Waals surface area contributed by atoms with E-state index in [0.717, 1.165) is 112 Å². The van der Waals surface area contributed by atoms with E-state index in [9.17, 15) is 32.4 Å². The number of piperazine rings is 1. The zero-order chi connectivity index (χ0) is 48.8. The van der Waals surface area contributed by atoms with Crippen molar-refractivity contribution in [1.82, 2.24) is 30.0 Å². The molecular weight excluding hydrogens is 918 g/mol. The molecule has 1 N–H and O–H groups in total. The number of amides is 5. The molecule has 1 atom stereocenters. The number of imide groups is 2. The molecule has 17 heteroatoms. The van der Waals surface area contributed by atoms with E-state index >= 15 is 0 Å². The van der Waals surface area contributed by atoms with Crippen LogP contribution in [0.15, 0.2) is 71.8 Å². The molecule has 1 aromatic heterocycles. The molecule has 3 fully saturated rings. The Morgan fingerprint density at radius 1 is 0.826 bits per heavy atom. The van der Waals surface area contributed by atoms with Crippen LogP contribution in [0.3, 0.4) is 0 Å². The van der Waals surface area contributed by atoms with Crippen molar-refractivity contribution in [2.45, 2.75) is 120 Å². The molecule has 69 heavy (non-hydrogen) atoms. The zero-order valence-corrected chi connectivity index (χ0v) is 41.3. The van der Waals surface area contributed by atoms with Crippen molar-refractivity contribution < 1.29 is 37.1 Å². The van der Waals surface area contributed by atoms with Gasteiger partial charge in [-0.15, -0.1) is 0 Å². The van der Waals surface area contributed by atoms with Crippen molar-refractivity contribution in [3.8, 4) is 5.75 Å². The van der Waals surface area contributed by atoms with Gasteiger partial charge in [-0.05, 0) is 81.7 Å². The molecule has 4 aliphatic rings. The van der Waals surface area contributed by atoms with E-state index in [1.807, 2.05) is 17.0 Å². The van der Waals surface area contributed by atoms with Gasteiger partial charge < -0.3 is 14.5 Å². The van der Waals surface area contributed by atoms with Crippen LogP contribution in [0.2, 0.25) is 5.02 Å². The molecule has 4 aliphatic heterocycles. The third-order valence-electron chi connectivity index (χ3n) is 14.1. The highest BCUT2D eigenvalue weighted by Crippen LogP contribution is 2.33. The van der Waals surface area contributed by atoms with Crippen LogP contribution in [0, 0.1) is 0 Å². The van der Waals surface area contributed by atoms with E-state index in [-0.39, 0.29) is 25.2 Å². The summed E-state index contributed by atoms with van der Waals surface area (Å²) >= 11 is 6.56. The number of aryl methyl sites for hydroxylation is 1. The van der Waals surface area contributed by atoms with E-state index < -0.39 is 44.8 Å². The van der Waals surface area contributed by atoms with Crippen LogP contribution in [0.5, 0.6) is 5.75 Å². The second-order valence-electron chi connectivity index (χ2n) is 18.8. The summed E-state index contributed by atoms with van der Waals surface area (Å²) < 4.78 is 32.1. The molecule has 5 heterocycles. The fraction of sp³-hybridized carbons (Fsp3) is 0.481. The molecule has 0 aliphatic carbocycles. The van der Waals surface area contributed by atoms with E-state index in [1.54, 1.807) is 57.5 Å². The van der Waals surface area contributed by atoms with Gasteiger partial charge in [0, 0.05) is 94.5 Å². The van der Waals surface area contributed by atoms with Gasteiger partial charge in [-0.1, -0.05) is 67.3 Å². The first-order valence-corrected chi connectivity index (χ1v) is 26.2. The van der Waals surface area contributed by atoms with Gasteiger partial charge in [0.15, 0.2) is 9.84 Å². The molecule has 4 aromatic rings. The first kappa shape index (κ1) is 49.7. The molecule has 5 amide bonds. The number of carbonyl (C=O) groups is 5. The predicted octanol–water partition coefficient (Wildman–Crippen LogP) is 6.60. The fourth-order valence-corrected chi connectivity index (χ4v) is 11.6. The minimum atomic E-state index is -3.50. The van der Waals surface area contributed by atoms with Crippen LogP contribution in [0.1, 0.15) is 127 Å². The summed E-state index contributed by atoms with van der Waals surface area (Å²) in [5, 5.41) is 2.07. The number of methoxy groups -OCH3 is 1. The number of benzene rings is 3. The summed E-state index contributed by atoms with van der Waals surface area (Å²) in [6.07, 6.45) is 10.2. The summed E-state index contributed by atoms with van der Waals surface area (Å²) in [6.45, 7) is 8.42. The lowest BCUT2D eigenvalue weighted by Crippen LogP contribution is -2.54. The molecule has 0 bridgehead atoms. The summed E-state index contributed by atoms with van der Waals surface area (Å²) in [7, 11) is -1.83. The lowest BCUT2D eigenvalue weighted by molar-refractivity contribution is -0.136. The minimum absolute atomic E-state index is 0.0857. The van der Waals surface area contributed by atoms with Gasteiger partial charge in [0.2, 0.25) is 17.7 Å². The van der Waals surface area contributed by atoms with Gasteiger partial charge in [-0.2, -0.15) is 0 Å². The Labute approximate surface area is 409 Å². The van der Waals surface area contributed by atoms with E-state index in [1.165, 1.54) is 0 Å². The van der Waals surface area contributed by atoms with E-state index in [0.29, 0.717) is 63.4 Å². The van der Waals surface area contributed by atoms with Crippen LogP contribution in [0.25, 0.3) is 0 Å². The van der Waals surface area contributed by atoms with Crippen LogP contribution in [-0.2, 0) is 43.5 Å². The lowest BCUT2D eigenvalue weighted by Gasteiger charge is -2.43. The van der Waals surface area contributed by atoms with Crippen molar-refractivity contribution in [3.63, 3.8) is 0 Å². The third kappa shape index (κ3) is 11.2. The first-order valence-electron chi connectivity index (χ1n) is 24.3. The SMILES string of the molecule is COc1cc(N2CCC(N3CCN(C(=O)CCCCCCCc4cccc5c4C(=O)N(C4CCC(=O)NC4=O)C5=O)CC3)CC2)ccc1Cc1ncc(Cl)c(Cc2ccccc2S(=O)(=O)C(C)C)n1. The minimum Gasteiger partial charge on any atom is -0.496 e. The maximum atomic E-state index is 13.4. The van der Waals surface area contributed by atoms with Crippen molar-refractivity contribution in [1.29, 1.82) is 0 Å². The Bertz CT molecular complexity index is 2700. The Kier molecular flexibility index (Phi) is 15.8. The average molecular weight is 981 g/mol. The number of piperidine rings is 2. The van der Waals surface area contributed by atoms with Crippen molar-refractivity contribution in [2.75, 3.05) is 51.3 Å². The number of ether oxygens (including phenoxy) is 1. The molecule has 1 unspecified atom stereocenters. The first-order chi connectivity index (χ1) is 33.2. The maximum absolute atomic E-state index is 13.4. The topological polar surface area (TPSA) is 179 Å². The van der Waals surface area contributed by atoms with Crippen molar-refractivity contribution in [2.24, 2.45) is 0 Å². The van der Waals surface area contributed by atoms with Gasteiger partial charge >= 0.3 is 0 Å². The number of hydrogen-bond donors (Lipinski definition) is 1. The second-order valence-corrected chi connectivity index (χ2v) is 21.7. The number of fused-ring (bicyclic) bond motifs is 1. The lowest BCUT2D eigenvalue weighted by atomic mass is 9.97. The van der Waals surface area contributed by atoms with Crippen LogP contribution in [0.4, 0.5) is 5.69 Å². The maximum Gasteiger partial charge on any atom is 0.262 e. The van der Waals surface area contributed by atoms with E-state index in [2.05, 4.69) is 38.3 Å². The van der Waals surface area contributed by atoms with Crippen LogP contribution >= 0.6 is 11.6 Å². The average Bonchev–Trinajstić information content (AvgIpc) is 3.60. The predicted molar refractivity (Wildman–Crippen MR) is 262 cm³/mol. The third-order valence-corrected chi connectivity index (χ3v) is 16.7. The molecule has 0 saturated carbocycles. The smallest absolute Gasteiger partial charge is 0.262 e. The standard InChI is InChI=1S/C52H62ClN7O8S/c1-34(2)69(66,67)45-16-10-9-13-37(45)30-42-41(53)33-54-46(55-42)31-36-18-19-39(32-44(36)68-3)57-24-22-38(23-25-57)58-26-28-59(29-27-58)48(62)17-8-6-4-5-7-12-35-14-11-15-40-49(35)52(65)60(51(40)64)43-20-21-47(61)56-50(43)63/h9-11,13-16,18-19,32-34,38,43H,4-8,12,17,20-31H2,1-3H3,(H,56,61,63). The van der Waals surface area contributed by atoms with Gasteiger partial charge in [0.25, 0.3) is 11.8 Å². The van der Waals surface area contributed by atoms with Gasteiger partial charge in [-0.25, -0.2) is 18.4 Å². The molecule has 3 aromatic carbocycles. The van der Waals surface area contributed by atoms with Crippen LogP contribution < -0.4 is 15.0 Å². The highest BCUT2D eigenvalue weighted by atomic mass is 35.5. The number of sulfone groups is 1. The Morgan fingerprint density at radius 2 is 1.55 bits per heavy atom. The number of halogens is 1. The number of aromatic nitrogens is 2. The number of anilines is 1. The monoisotopic (exact) mass is 979 g/mol. The number of hydrogen-bond acceptors (Lipinski definition) is 12.